The Morgan fingerprint density at radius 2 is 1.56 bits per heavy atom. The second-order valence-electron chi connectivity index (χ2n) is 8.38. The van der Waals surface area contributed by atoms with E-state index in [0.717, 1.165) is 21.9 Å². The van der Waals surface area contributed by atoms with Crippen LogP contribution < -0.4 is 0 Å². The lowest BCUT2D eigenvalue weighted by atomic mass is 9.82. The van der Waals surface area contributed by atoms with Crippen molar-refractivity contribution >= 4 is 22.5 Å². The minimum absolute atomic E-state index is 0.0699. The Morgan fingerprint density at radius 1 is 0.875 bits per heavy atom. The predicted molar refractivity (Wildman–Crippen MR) is 125 cm³/mol. The second kappa shape index (κ2) is 9.39. The molecule has 1 aliphatic rings. The largest absolute Gasteiger partial charge is 0.504 e. The molecule has 0 bridgehead atoms. The van der Waals surface area contributed by atoms with Gasteiger partial charge in [0.05, 0.1) is 5.57 Å². The van der Waals surface area contributed by atoms with Crippen LogP contribution in [-0.2, 0) is 20.7 Å². The van der Waals surface area contributed by atoms with Crippen molar-refractivity contribution in [3.05, 3.63) is 95.3 Å². The number of esters is 1. The summed E-state index contributed by atoms with van der Waals surface area (Å²) < 4.78 is 5.69. The summed E-state index contributed by atoms with van der Waals surface area (Å²) in [7, 11) is 0. The van der Waals surface area contributed by atoms with Crippen molar-refractivity contribution in [3.8, 4) is 0 Å². The lowest BCUT2D eigenvalue weighted by Gasteiger charge is -2.31. The number of ether oxygens (including phenoxy) is 1. The fourth-order valence-corrected chi connectivity index (χ4v) is 4.64. The fourth-order valence-electron chi connectivity index (χ4n) is 4.64. The van der Waals surface area contributed by atoms with E-state index in [4.69, 9.17) is 4.74 Å². The van der Waals surface area contributed by atoms with Gasteiger partial charge in [-0.05, 0) is 41.2 Å². The number of carbonyl (C=O) groups is 2. The molecule has 0 saturated heterocycles. The topological polar surface area (TPSA) is 63.6 Å². The maximum atomic E-state index is 13.2. The monoisotopic (exact) mass is 428 g/mol. The zero-order valence-electron chi connectivity index (χ0n) is 18.5. The third-order valence-corrected chi connectivity index (χ3v) is 6.42. The first-order valence-corrected chi connectivity index (χ1v) is 11.2. The molecule has 0 radical (unpaired) electrons. The summed E-state index contributed by atoms with van der Waals surface area (Å²) in [5.74, 6) is -2.14. The molecule has 1 aliphatic heterocycles. The summed E-state index contributed by atoms with van der Waals surface area (Å²) in [4.78, 5) is 26.1. The number of rotatable bonds is 7. The molecule has 164 valence electrons. The molecule has 0 aromatic heterocycles. The standard InChI is InChI=1S/C28H28O4/c1-3-19(16-18-14-15-20-10-8-9-13-22(20)17-18)27-26(30)25(29)24(28(31)32-27)23(4-2)21-11-6-5-7-12-21/h5-15,17,19,23,27,29H,3-4,16H2,1-2H3. The highest BCUT2D eigenvalue weighted by molar-refractivity contribution is 6.09. The number of cyclic esters (lactones) is 1. The Balaban J connectivity index is 1.61. The fraction of sp³-hybridized carbons (Fsp3) is 0.286. The first-order chi connectivity index (χ1) is 15.5. The SMILES string of the molecule is CCC(C1=C(O)C(=O)C(C(CC)Cc2ccc3ccccc3c2)OC1=O)c1ccccc1. The normalized spacial score (nSPS) is 18.5. The Hall–Kier alpha value is -3.40. The third kappa shape index (κ3) is 4.18. The second-order valence-corrected chi connectivity index (χ2v) is 8.38. The van der Waals surface area contributed by atoms with Crippen LogP contribution in [0, 0.1) is 5.92 Å². The van der Waals surface area contributed by atoms with Crippen molar-refractivity contribution in [2.75, 3.05) is 0 Å². The number of hydrogen-bond acceptors (Lipinski definition) is 4. The van der Waals surface area contributed by atoms with Gasteiger partial charge in [0, 0.05) is 11.8 Å². The van der Waals surface area contributed by atoms with Crippen LogP contribution in [0.15, 0.2) is 84.1 Å². The smallest absolute Gasteiger partial charge is 0.339 e. The zero-order chi connectivity index (χ0) is 22.7. The van der Waals surface area contributed by atoms with Crippen LogP contribution in [0.4, 0.5) is 0 Å². The van der Waals surface area contributed by atoms with Gasteiger partial charge in [-0.15, -0.1) is 0 Å². The maximum absolute atomic E-state index is 13.2. The number of aliphatic hydroxyl groups excluding tert-OH is 1. The van der Waals surface area contributed by atoms with Gasteiger partial charge < -0.3 is 9.84 Å². The molecule has 0 amide bonds. The zero-order valence-corrected chi connectivity index (χ0v) is 18.5. The van der Waals surface area contributed by atoms with E-state index in [1.807, 2.05) is 62.4 Å². The van der Waals surface area contributed by atoms with Gasteiger partial charge >= 0.3 is 5.97 Å². The quantitative estimate of drug-likeness (QED) is 0.475. The Bertz CT molecular complexity index is 1160. The summed E-state index contributed by atoms with van der Waals surface area (Å²) in [6.45, 7) is 3.90. The number of hydrogen-bond donors (Lipinski definition) is 1. The average molecular weight is 429 g/mol. The molecule has 1 N–H and O–H groups in total. The lowest BCUT2D eigenvalue weighted by Crippen LogP contribution is -2.42. The first-order valence-electron chi connectivity index (χ1n) is 11.2. The minimum atomic E-state index is -0.976. The van der Waals surface area contributed by atoms with Crippen LogP contribution in [0.2, 0.25) is 0 Å². The van der Waals surface area contributed by atoms with Crippen molar-refractivity contribution in [1.82, 2.24) is 0 Å². The van der Waals surface area contributed by atoms with Gasteiger partial charge in [-0.25, -0.2) is 4.79 Å². The highest BCUT2D eigenvalue weighted by Gasteiger charge is 2.42. The number of fused-ring (bicyclic) bond motifs is 1. The average Bonchev–Trinajstić information content (AvgIpc) is 2.83. The van der Waals surface area contributed by atoms with E-state index in [9.17, 15) is 14.7 Å². The van der Waals surface area contributed by atoms with E-state index in [1.165, 1.54) is 0 Å². The van der Waals surface area contributed by atoms with Crippen LogP contribution >= 0.6 is 0 Å². The number of ketones is 1. The molecule has 0 saturated carbocycles. The summed E-state index contributed by atoms with van der Waals surface area (Å²) in [6, 6.07) is 23.8. The maximum Gasteiger partial charge on any atom is 0.339 e. The van der Waals surface area contributed by atoms with Gasteiger partial charge in [0.25, 0.3) is 0 Å². The summed E-state index contributed by atoms with van der Waals surface area (Å²) in [5, 5.41) is 13.1. The van der Waals surface area contributed by atoms with Crippen LogP contribution in [0.5, 0.6) is 0 Å². The van der Waals surface area contributed by atoms with E-state index >= 15 is 0 Å². The number of aliphatic hydroxyl groups is 1. The van der Waals surface area contributed by atoms with Crippen molar-refractivity contribution < 1.29 is 19.4 Å². The molecule has 0 aliphatic carbocycles. The Morgan fingerprint density at radius 3 is 2.25 bits per heavy atom. The number of Topliss-reactive ketones (excluding diaryl/α,β-unsaturated/α-hetero) is 1. The van der Waals surface area contributed by atoms with Crippen molar-refractivity contribution in [1.29, 1.82) is 0 Å². The number of benzene rings is 3. The molecule has 4 heteroatoms. The molecule has 0 fully saturated rings. The van der Waals surface area contributed by atoms with Crippen molar-refractivity contribution in [2.24, 2.45) is 5.92 Å². The Kier molecular flexibility index (Phi) is 6.40. The Labute approximate surface area is 188 Å². The van der Waals surface area contributed by atoms with Gasteiger partial charge in [0.1, 0.15) is 0 Å². The third-order valence-electron chi connectivity index (χ3n) is 6.42. The van der Waals surface area contributed by atoms with Gasteiger partial charge in [-0.1, -0.05) is 86.6 Å². The molecular formula is C28H28O4. The van der Waals surface area contributed by atoms with Crippen LogP contribution in [0.3, 0.4) is 0 Å². The molecular weight excluding hydrogens is 400 g/mol. The van der Waals surface area contributed by atoms with E-state index < -0.39 is 23.6 Å². The van der Waals surface area contributed by atoms with E-state index in [-0.39, 0.29) is 17.4 Å². The predicted octanol–water partition coefficient (Wildman–Crippen LogP) is 5.91. The van der Waals surface area contributed by atoms with Crippen LogP contribution in [0.1, 0.15) is 43.7 Å². The summed E-state index contributed by atoms with van der Waals surface area (Å²) >= 11 is 0. The molecule has 4 rings (SSSR count). The van der Waals surface area contributed by atoms with E-state index in [0.29, 0.717) is 19.3 Å². The van der Waals surface area contributed by atoms with Gasteiger partial charge in [0.15, 0.2) is 11.9 Å². The molecule has 3 atom stereocenters. The number of carbonyl (C=O) groups excluding carboxylic acids is 2. The van der Waals surface area contributed by atoms with Crippen LogP contribution in [0.25, 0.3) is 10.8 Å². The van der Waals surface area contributed by atoms with Gasteiger partial charge in [0.2, 0.25) is 5.78 Å². The molecule has 0 spiro atoms. The molecule has 3 aromatic carbocycles. The summed E-state index contributed by atoms with van der Waals surface area (Å²) in [6.07, 6.45) is 0.833. The van der Waals surface area contributed by atoms with Gasteiger partial charge in [-0.3, -0.25) is 4.79 Å². The highest BCUT2D eigenvalue weighted by Crippen LogP contribution is 2.36. The first kappa shape index (κ1) is 21.8. The molecule has 3 unspecified atom stereocenters. The summed E-state index contributed by atoms with van der Waals surface area (Å²) in [5.41, 5.74) is 2.02. The molecule has 1 heterocycles. The van der Waals surface area contributed by atoms with Gasteiger partial charge in [-0.2, -0.15) is 0 Å². The van der Waals surface area contributed by atoms with E-state index in [1.54, 1.807) is 0 Å². The highest BCUT2D eigenvalue weighted by atomic mass is 16.6. The van der Waals surface area contributed by atoms with Crippen molar-refractivity contribution in [3.63, 3.8) is 0 Å². The van der Waals surface area contributed by atoms with Crippen LogP contribution in [-0.4, -0.2) is 23.0 Å². The molecule has 32 heavy (non-hydrogen) atoms. The molecule has 4 nitrogen and oxygen atoms in total. The molecule has 3 aromatic rings. The lowest BCUT2D eigenvalue weighted by molar-refractivity contribution is -0.158. The van der Waals surface area contributed by atoms with Crippen molar-refractivity contribution in [2.45, 2.75) is 45.1 Å². The van der Waals surface area contributed by atoms with E-state index in [2.05, 4.69) is 24.3 Å². The minimum Gasteiger partial charge on any atom is -0.504 e.